The highest BCUT2D eigenvalue weighted by Gasteiger charge is 2.06. The van der Waals surface area contributed by atoms with Gasteiger partial charge in [0.25, 0.3) is 0 Å². The second kappa shape index (κ2) is 3.45. The summed E-state index contributed by atoms with van der Waals surface area (Å²) in [4.78, 5) is 13.8. The van der Waals surface area contributed by atoms with Crippen LogP contribution < -0.4 is 5.69 Å². The molecule has 0 aromatic carbocycles. The predicted molar refractivity (Wildman–Crippen MR) is 55.1 cm³/mol. The molecule has 2 rings (SSSR count). The Labute approximate surface area is 88.5 Å². The van der Waals surface area contributed by atoms with Gasteiger partial charge in [0.15, 0.2) is 0 Å². The van der Waals surface area contributed by atoms with Crippen LogP contribution in [0.4, 0.5) is 0 Å². The third-order valence-electron chi connectivity index (χ3n) is 1.90. The zero-order valence-corrected chi connectivity index (χ0v) is 9.15. The van der Waals surface area contributed by atoms with Crippen LogP contribution in [0.5, 0.6) is 0 Å². The molecule has 0 aliphatic rings. The van der Waals surface area contributed by atoms with E-state index in [1.807, 2.05) is 13.2 Å². The molecule has 74 valence electrons. The van der Waals surface area contributed by atoms with Crippen LogP contribution in [0.15, 0.2) is 27.9 Å². The first-order valence-electron chi connectivity index (χ1n) is 4.08. The van der Waals surface area contributed by atoms with E-state index in [1.54, 1.807) is 21.6 Å². The highest BCUT2D eigenvalue weighted by atomic mass is 79.9. The lowest BCUT2D eigenvalue weighted by Crippen LogP contribution is -2.17. The van der Waals surface area contributed by atoms with Crippen molar-refractivity contribution in [2.45, 2.75) is 6.54 Å². The van der Waals surface area contributed by atoms with Crippen molar-refractivity contribution in [1.82, 2.24) is 19.3 Å². The monoisotopic (exact) mass is 256 g/mol. The first kappa shape index (κ1) is 9.26. The molecule has 2 aromatic rings. The van der Waals surface area contributed by atoms with Crippen LogP contribution in [0, 0.1) is 0 Å². The minimum Gasteiger partial charge on any atom is -0.313 e. The molecule has 14 heavy (non-hydrogen) atoms. The number of aromatic amines is 1. The smallest absolute Gasteiger partial charge is 0.313 e. The molecular formula is C8H9BrN4O. The summed E-state index contributed by atoms with van der Waals surface area (Å²) in [5, 5.41) is 4.22. The second-order valence-electron chi connectivity index (χ2n) is 2.99. The zero-order chi connectivity index (χ0) is 10.1. The molecular weight excluding hydrogens is 248 g/mol. The van der Waals surface area contributed by atoms with Crippen LogP contribution in [0.2, 0.25) is 0 Å². The SMILES string of the molecule is Cn1cc(Br)c(Cn2cc[nH]c2=O)n1. The van der Waals surface area contributed by atoms with Crippen molar-refractivity contribution in [3.8, 4) is 0 Å². The van der Waals surface area contributed by atoms with E-state index < -0.39 is 0 Å². The standard InChI is InChI=1S/C8H9BrN4O/c1-12-4-6(9)7(11-12)5-13-3-2-10-8(13)14/h2-4H,5H2,1H3,(H,10,14). The number of H-pyrrole nitrogens is 1. The van der Waals surface area contributed by atoms with Crippen LogP contribution >= 0.6 is 15.9 Å². The van der Waals surface area contributed by atoms with E-state index in [0.29, 0.717) is 6.54 Å². The highest BCUT2D eigenvalue weighted by molar-refractivity contribution is 9.10. The zero-order valence-electron chi connectivity index (χ0n) is 7.57. The van der Waals surface area contributed by atoms with E-state index in [1.165, 1.54) is 0 Å². The Morgan fingerprint density at radius 3 is 2.93 bits per heavy atom. The third kappa shape index (κ3) is 1.65. The Morgan fingerprint density at radius 1 is 1.64 bits per heavy atom. The molecule has 0 amide bonds. The van der Waals surface area contributed by atoms with Gasteiger partial charge in [-0.3, -0.25) is 9.25 Å². The van der Waals surface area contributed by atoms with E-state index in [0.717, 1.165) is 10.2 Å². The van der Waals surface area contributed by atoms with Gasteiger partial charge >= 0.3 is 5.69 Å². The Kier molecular flexibility index (Phi) is 2.28. The molecule has 6 heteroatoms. The lowest BCUT2D eigenvalue weighted by Gasteiger charge is -1.96. The van der Waals surface area contributed by atoms with Gasteiger partial charge in [-0.25, -0.2) is 4.79 Å². The first-order valence-corrected chi connectivity index (χ1v) is 4.88. The minimum absolute atomic E-state index is 0.123. The molecule has 0 saturated carbocycles. The Balaban J connectivity index is 2.31. The second-order valence-corrected chi connectivity index (χ2v) is 3.84. The van der Waals surface area contributed by atoms with E-state index in [-0.39, 0.29) is 5.69 Å². The number of halogens is 1. The summed E-state index contributed by atoms with van der Waals surface area (Å²) in [6.45, 7) is 0.476. The summed E-state index contributed by atoms with van der Waals surface area (Å²) in [5.41, 5.74) is 0.719. The van der Waals surface area contributed by atoms with Crippen molar-refractivity contribution in [3.05, 3.63) is 39.2 Å². The number of aryl methyl sites for hydroxylation is 1. The summed E-state index contributed by atoms with van der Waals surface area (Å²) >= 11 is 3.38. The fraction of sp³-hybridized carbons (Fsp3) is 0.250. The van der Waals surface area contributed by atoms with Crippen molar-refractivity contribution in [2.24, 2.45) is 7.05 Å². The summed E-state index contributed by atoms with van der Waals surface area (Å²) < 4.78 is 4.18. The lowest BCUT2D eigenvalue weighted by atomic mass is 10.4. The fourth-order valence-electron chi connectivity index (χ4n) is 1.25. The number of nitrogens with one attached hydrogen (secondary N) is 1. The van der Waals surface area contributed by atoms with Gasteiger partial charge in [0.05, 0.1) is 16.7 Å². The minimum atomic E-state index is -0.123. The summed E-state index contributed by atoms with van der Waals surface area (Å²) in [6, 6.07) is 0. The van der Waals surface area contributed by atoms with Gasteiger partial charge < -0.3 is 4.98 Å². The summed E-state index contributed by atoms with van der Waals surface area (Å²) in [5.74, 6) is 0. The largest absolute Gasteiger partial charge is 0.325 e. The first-order chi connectivity index (χ1) is 6.66. The average Bonchev–Trinajstić information content (AvgIpc) is 2.62. The number of imidazole rings is 1. The van der Waals surface area contributed by atoms with Crippen LogP contribution in [0.1, 0.15) is 5.69 Å². The maximum atomic E-state index is 11.2. The molecule has 0 fully saturated rings. The van der Waals surface area contributed by atoms with E-state index in [4.69, 9.17) is 0 Å². The van der Waals surface area contributed by atoms with Crippen LogP contribution in [0.25, 0.3) is 0 Å². The van der Waals surface area contributed by atoms with E-state index >= 15 is 0 Å². The van der Waals surface area contributed by atoms with Gasteiger partial charge in [0.1, 0.15) is 0 Å². The summed E-state index contributed by atoms with van der Waals surface area (Å²) in [7, 11) is 1.84. The number of nitrogens with zero attached hydrogens (tertiary/aromatic N) is 3. The Morgan fingerprint density at radius 2 is 2.43 bits per heavy atom. The van der Waals surface area contributed by atoms with Crippen molar-refractivity contribution >= 4 is 15.9 Å². The lowest BCUT2D eigenvalue weighted by molar-refractivity contribution is 0.692. The quantitative estimate of drug-likeness (QED) is 0.861. The van der Waals surface area contributed by atoms with Crippen molar-refractivity contribution in [1.29, 1.82) is 0 Å². The normalized spacial score (nSPS) is 10.7. The molecule has 2 aromatic heterocycles. The predicted octanol–water partition coefficient (Wildman–Crippen LogP) is 0.721. The Hall–Kier alpha value is -1.30. The van der Waals surface area contributed by atoms with Gasteiger partial charge in [-0.05, 0) is 15.9 Å². The van der Waals surface area contributed by atoms with E-state index in [9.17, 15) is 4.79 Å². The molecule has 1 N–H and O–H groups in total. The van der Waals surface area contributed by atoms with Crippen molar-refractivity contribution < 1.29 is 0 Å². The van der Waals surface area contributed by atoms with Gasteiger partial charge in [-0.15, -0.1) is 0 Å². The number of hydrogen-bond donors (Lipinski definition) is 1. The fourth-order valence-corrected chi connectivity index (χ4v) is 1.75. The van der Waals surface area contributed by atoms with Gasteiger partial charge in [-0.1, -0.05) is 0 Å². The molecule has 0 bridgehead atoms. The van der Waals surface area contributed by atoms with Gasteiger partial charge in [0.2, 0.25) is 0 Å². The molecule has 5 nitrogen and oxygen atoms in total. The van der Waals surface area contributed by atoms with Crippen LogP contribution in [-0.2, 0) is 13.6 Å². The number of rotatable bonds is 2. The van der Waals surface area contributed by atoms with E-state index in [2.05, 4.69) is 26.0 Å². The topological polar surface area (TPSA) is 55.6 Å². The molecule has 0 unspecified atom stereocenters. The molecule has 2 heterocycles. The molecule has 0 radical (unpaired) electrons. The molecule has 0 saturated heterocycles. The maximum absolute atomic E-state index is 11.2. The Bertz CT molecular complexity index is 495. The third-order valence-corrected chi connectivity index (χ3v) is 2.56. The van der Waals surface area contributed by atoms with Crippen molar-refractivity contribution in [3.63, 3.8) is 0 Å². The van der Waals surface area contributed by atoms with Crippen molar-refractivity contribution in [2.75, 3.05) is 0 Å². The van der Waals surface area contributed by atoms with Crippen LogP contribution in [0.3, 0.4) is 0 Å². The average molecular weight is 257 g/mol. The van der Waals surface area contributed by atoms with Gasteiger partial charge in [-0.2, -0.15) is 5.10 Å². The van der Waals surface area contributed by atoms with Crippen LogP contribution in [-0.4, -0.2) is 19.3 Å². The maximum Gasteiger partial charge on any atom is 0.325 e. The summed E-state index contributed by atoms with van der Waals surface area (Å²) in [6.07, 6.45) is 5.16. The molecule has 0 atom stereocenters. The molecule has 0 aliphatic heterocycles. The number of aromatic nitrogens is 4. The highest BCUT2D eigenvalue weighted by Crippen LogP contribution is 2.14. The molecule has 0 aliphatic carbocycles. The van der Waals surface area contributed by atoms with Gasteiger partial charge in [0, 0.05) is 25.6 Å². The number of hydrogen-bond acceptors (Lipinski definition) is 2. The molecule has 0 spiro atoms.